The van der Waals surface area contributed by atoms with Gasteiger partial charge in [0, 0.05) is 25.1 Å². The Hall–Kier alpha value is -1.79. The van der Waals surface area contributed by atoms with E-state index in [2.05, 4.69) is 11.8 Å². The summed E-state index contributed by atoms with van der Waals surface area (Å²) in [5.74, 6) is 5.90. The van der Waals surface area contributed by atoms with Crippen molar-refractivity contribution in [2.45, 2.75) is 32.2 Å². The monoisotopic (exact) mass is 257 g/mol. The number of hydrogen-bond donors (Lipinski definition) is 1. The minimum absolute atomic E-state index is 0.0412. The topological polar surface area (TPSA) is 40.5 Å². The molecule has 0 unspecified atom stereocenters. The molecule has 3 nitrogen and oxygen atoms in total. The van der Waals surface area contributed by atoms with Crippen molar-refractivity contribution < 1.29 is 9.90 Å². The molecule has 0 heterocycles. The number of nitrogens with zero attached hydrogens (tertiary/aromatic N) is 1. The van der Waals surface area contributed by atoms with Gasteiger partial charge in [-0.3, -0.25) is 4.79 Å². The molecular formula is C16H19NO2. The van der Waals surface area contributed by atoms with Gasteiger partial charge in [0.2, 0.25) is 0 Å². The maximum atomic E-state index is 12.4. The third-order valence-corrected chi connectivity index (χ3v) is 3.28. The molecule has 19 heavy (non-hydrogen) atoms. The first-order chi connectivity index (χ1) is 9.13. The molecule has 100 valence electrons. The highest BCUT2D eigenvalue weighted by atomic mass is 16.2. The number of aryl methyl sites for hydroxylation is 1. The zero-order chi connectivity index (χ0) is 13.8. The van der Waals surface area contributed by atoms with E-state index >= 15 is 0 Å². The third kappa shape index (κ3) is 3.36. The summed E-state index contributed by atoms with van der Waals surface area (Å²) in [7, 11) is 1.85. The molecule has 1 aromatic carbocycles. The lowest BCUT2D eigenvalue weighted by Crippen LogP contribution is -2.29. The van der Waals surface area contributed by atoms with Crippen molar-refractivity contribution in [2.75, 3.05) is 13.7 Å². The number of aliphatic hydroxyl groups is 1. The first kappa shape index (κ1) is 13.6. The van der Waals surface area contributed by atoms with Crippen LogP contribution in [0.1, 0.15) is 40.7 Å². The molecule has 0 saturated heterocycles. The summed E-state index contributed by atoms with van der Waals surface area (Å²) in [6.07, 6.45) is 2.62. The van der Waals surface area contributed by atoms with Crippen molar-refractivity contribution in [3.8, 4) is 11.8 Å². The van der Waals surface area contributed by atoms with Crippen molar-refractivity contribution in [1.82, 2.24) is 4.90 Å². The van der Waals surface area contributed by atoms with Gasteiger partial charge in [-0.25, -0.2) is 0 Å². The second kappa shape index (κ2) is 5.90. The van der Waals surface area contributed by atoms with E-state index < -0.39 is 0 Å². The molecule has 3 heteroatoms. The normalized spacial score (nSPS) is 13.6. The summed E-state index contributed by atoms with van der Waals surface area (Å²) in [6.45, 7) is 2.02. The van der Waals surface area contributed by atoms with E-state index in [1.54, 1.807) is 0 Å². The van der Waals surface area contributed by atoms with Crippen LogP contribution in [0.4, 0.5) is 0 Å². The molecular weight excluding hydrogens is 238 g/mol. The molecule has 1 N–H and O–H groups in total. The Balaban J connectivity index is 2.29. The van der Waals surface area contributed by atoms with E-state index in [9.17, 15) is 4.79 Å². The smallest absolute Gasteiger partial charge is 0.255 e. The van der Waals surface area contributed by atoms with Gasteiger partial charge in [-0.2, -0.15) is 0 Å². The number of benzene rings is 1. The van der Waals surface area contributed by atoms with E-state index in [1.165, 1.54) is 0 Å². The Morgan fingerprint density at radius 1 is 1.47 bits per heavy atom. The molecule has 1 aliphatic rings. The highest BCUT2D eigenvalue weighted by Crippen LogP contribution is 2.27. The quantitative estimate of drug-likeness (QED) is 0.841. The van der Waals surface area contributed by atoms with E-state index in [-0.39, 0.29) is 12.5 Å². The van der Waals surface area contributed by atoms with Gasteiger partial charge in [0.1, 0.15) is 0 Å². The molecule has 0 aliphatic heterocycles. The first-order valence-corrected chi connectivity index (χ1v) is 6.61. The highest BCUT2D eigenvalue weighted by Gasteiger charge is 2.30. The lowest BCUT2D eigenvalue weighted by molar-refractivity contribution is 0.0784. The molecule has 2 rings (SSSR count). The molecule has 1 amide bonds. The zero-order valence-corrected chi connectivity index (χ0v) is 11.4. The Morgan fingerprint density at radius 2 is 2.21 bits per heavy atom. The van der Waals surface area contributed by atoms with Crippen LogP contribution in [0.2, 0.25) is 0 Å². The van der Waals surface area contributed by atoms with E-state index in [1.807, 2.05) is 37.1 Å². The maximum Gasteiger partial charge on any atom is 0.255 e. The van der Waals surface area contributed by atoms with E-state index in [0.29, 0.717) is 18.0 Å². The van der Waals surface area contributed by atoms with Crippen molar-refractivity contribution in [1.29, 1.82) is 0 Å². The standard InChI is InChI=1S/C16H19NO2/c1-12-6-7-13(5-3-4-10-18)15(11-12)16(19)17(2)14-8-9-14/h6-7,11,14,18H,4,8-10H2,1-2H3. The Kier molecular flexibility index (Phi) is 4.24. The van der Waals surface area contributed by atoms with Crippen LogP contribution >= 0.6 is 0 Å². The van der Waals surface area contributed by atoms with Crippen LogP contribution in [-0.2, 0) is 0 Å². The van der Waals surface area contributed by atoms with Crippen molar-refractivity contribution in [2.24, 2.45) is 0 Å². The Bertz CT molecular complexity index is 535. The van der Waals surface area contributed by atoms with Gasteiger partial charge < -0.3 is 10.0 Å². The van der Waals surface area contributed by atoms with Gasteiger partial charge in [-0.15, -0.1) is 0 Å². The molecule has 1 saturated carbocycles. The molecule has 1 fully saturated rings. The second-order valence-electron chi connectivity index (χ2n) is 4.97. The maximum absolute atomic E-state index is 12.4. The summed E-state index contributed by atoms with van der Waals surface area (Å²) in [4.78, 5) is 14.3. The fraction of sp³-hybridized carbons (Fsp3) is 0.438. The summed E-state index contributed by atoms with van der Waals surface area (Å²) < 4.78 is 0. The van der Waals surface area contributed by atoms with Crippen LogP contribution in [0.15, 0.2) is 18.2 Å². The van der Waals surface area contributed by atoms with Gasteiger partial charge in [0.25, 0.3) is 5.91 Å². The van der Waals surface area contributed by atoms with Crippen LogP contribution in [0.5, 0.6) is 0 Å². The number of hydrogen-bond acceptors (Lipinski definition) is 2. The third-order valence-electron chi connectivity index (χ3n) is 3.28. The van der Waals surface area contributed by atoms with Crippen LogP contribution in [0, 0.1) is 18.8 Å². The number of amides is 1. The van der Waals surface area contributed by atoms with Crippen LogP contribution < -0.4 is 0 Å². The zero-order valence-electron chi connectivity index (χ0n) is 11.4. The molecule has 0 spiro atoms. The van der Waals surface area contributed by atoms with Gasteiger partial charge in [0.05, 0.1) is 12.2 Å². The number of carbonyl (C=O) groups is 1. The summed E-state index contributed by atoms with van der Waals surface area (Å²) >= 11 is 0. The highest BCUT2D eigenvalue weighted by molar-refractivity contribution is 5.97. The van der Waals surface area contributed by atoms with E-state index in [0.717, 1.165) is 24.0 Å². The number of carbonyl (C=O) groups excluding carboxylic acids is 1. The van der Waals surface area contributed by atoms with Gasteiger partial charge in [-0.05, 0) is 31.9 Å². The van der Waals surface area contributed by atoms with Gasteiger partial charge in [-0.1, -0.05) is 23.5 Å². The minimum Gasteiger partial charge on any atom is -0.395 e. The summed E-state index contributed by atoms with van der Waals surface area (Å²) in [5.41, 5.74) is 2.47. The van der Waals surface area contributed by atoms with Crippen molar-refractivity contribution in [3.05, 3.63) is 34.9 Å². The average molecular weight is 257 g/mol. The van der Waals surface area contributed by atoms with Crippen LogP contribution in [0.25, 0.3) is 0 Å². The predicted octanol–water partition coefficient (Wildman–Crippen LogP) is 1.96. The van der Waals surface area contributed by atoms with Gasteiger partial charge >= 0.3 is 0 Å². The van der Waals surface area contributed by atoms with Crippen molar-refractivity contribution >= 4 is 5.91 Å². The van der Waals surface area contributed by atoms with Crippen LogP contribution in [-0.4, -0.2) is 35.6 Å². The Morgan fingerprint density at radius 3 is 2.84 bits per heavy atom. The SMILES string of the molecule is Cc1ccc(C#CCCO)c(C(=O)N(C)C2CC2)c1. The largest absolute Gasteiger partial charge is 0.395 e. The van der Waals surface area contributed by atoms with Gasteiger partial charge in [0.15, 0.2) is 0 Å². The van der Waals surface area contributed by atoms with Crippen molar-refractivity contribution in [3.63, 3.8) is 0 Å². The molecule has 1 aromatic rings. The fourth-order valence-corrected chi connectivity index (χ4v) is 1.98. The minimum atomic E-state index is 0.0412. The lowest BCUT2D eigenvalue weighted by atomic mass is 10.0. The van der Waals surface area contributed by atoms with E-state index in [4.69, 9.17) is 5.11 Å². The summed E-state index contributed by atoms with van der Waals surface area (Å²) in [5, 5.41) is 8.76. The molecule has 0 aromatic heterocycles. The summed E-state index contributed by atoms with van der Waals surface area (Å²) in [6, 6.07) is 6.13. The molecule has 1 aliphatic carbocycles. The fourth-order valence-electron chi connectivity index (χ4n) is 1.98. The molecule has 0 atom stereocenters. The lowest BCUT2D eigenvalue weighted by Gasteiger charge is -2.17. The Labute approximate surface area is 114 Å². The first-order valence-electron chi connectivity index (χ1n) is 6.61. The number of rotatable bonds is 3. The molecule has 0 bridgehead atoms. The number of aliphatic hydroxyl groups excluding tert-OH is 1. The molecule has 0 radical (unpaired) electrons. The van der Waals surface area contributed by atoms with Crippen LogP contribution in [0.3, 0.4) is 0 Å². The predicted molar refractivity (Wildman–Crippen MR) is 74.9 cm³/mol. The average Bonchev–Trinajstić information content (AvgIpc) is 3.23. The second-order valence-corrected chi connectivity index (χ2v) is 4.97.